The van der Waals surface area contributed by atoms with Gasteiger partial charge in [0.25, 0.3) is 0 Å². The van der Waals surface area contributed by atoms with Crippen LogP contribution >= 0.6 is 0 Å². The molecule has 0 aromatic heterocycles. The number of amides is 1. The monoisotopic (exact) mass is 327 g/mol. The summed E-state index contributed by atoms with van der Waals surface area (Å²) in [5, 5.41) is 15.5. The highest BCUT2D eigenvalue weighted by atomic mass is 16.5. The van der Waals surface area contributed by atoms with Gasteiger partial charge in [-0.1, -0.05) is 43.5 Å². The van der Waals surface area contributed by atoms with Crippen molar-refractivity contribution < 1.29 is 14.6 Å². The normalized spacial score (nSPS) is 16.8. The van der Waals surface area contributed by atoms with Gasteiger partial charge in [0.1, 0.15) is 5.75 Å². The molecule has 0 heterocycles. The van der Waals surface area contributed by atoms with Crippen LogP contribution in [0, 0.1) is 0 Å². The van der Waals surface area contributed by atoms with Crippen molar-refractivity contribution in [3.8, 4) is 5.75 Å². The molecule has 4 nitrogen and oxygen atoms in total. The molecule has 0 spiro atoms. The molecule has 2 aromatic carbocycles. The molecule has 1 saturated carbocycles. The van der Waals surface area contributed by atoms with Crippen molar-refractivity contribution in [2.75, 3.05) is 13.7 Å². The molecule has 1 fully saturated rings. The first kappa shape index (κ1) is 16.8. The molecular formula is C20H25NO3. The molecule has 1 aliphatic carbocycles. The van der Waals surface area contributed by atoms with E-state index < -0.39 is 5.60 Å². The average Bonchev–Trinajstić information content (AvgIpc) is 2.61. The van der Waals surface area contributed by atoms with Gasteiger partial charge in [-0.3, -0.25) is 4.79 Å². The fourth-order valence-corrected chi connectivity index (χ4v) is 3.48. The van der Waals surface area contributed by atoms with Crippen LogP contribution in [-0.2, 0) is 11.2 Å². The van der Waals surface area contributed by atoms with Crippen LogP contribution in [0.25, 0.3) is 10.8 Å². The van der Waals surface area contributed by atoms with E-state index >= 15 is 0 Å². The van der Waals surface area contributed by atoms with Crippen molar-refractivity contribution in [1.29, 1.82) is 0 Å². The van der Waals surface area contributed by atoms with Crippen molar-refractivity contribution in [2.24, 2.45) is 0 Å². The number of nitrogens with one attached hydrogen (secondary N) is 1. The Hall–Kier alpha value is -2.07. The summed E-state index contributed by atoms with van der Waals surface area (Å²) in [7, 11) is 1.64. The Bertz CT molecular complexity index is 720. The SMILES string of the molecule is COc1ccc2cccc(CC(=O)NCC3(O)CCCCC3)c2c1. The first-order chi connectivity index (χ1) is 11.6. The van der Waals surface area contributed by atoms with Gasteiger partial charge in [-0.25, -0.2) is 0 Å². The predicted octanol–water partition coefficient (Wildman–Crippen LogP) is 3.20. The molecule has 2 aromatic rings. The van der Waals surface area contributed by atoms with Gasteiger partial charge in [-0.15, -0.1) is 0 Å². The Morgan fingerprint density at radius 3 is 2.75 bits per heavy atom. The number of hydrogen-bond acceptors (Lipinski definition) is 3. The van der Waals surface area contributed by atoms with Crippen LogP contribution in [-0.4, -0.2) is 30.3 Å². The summed E-state index contributed by atoms with van der Waals surface area (Å²) in [6, 6.07) is 11.8. The third-order valence-electron chi connectivity index (χ3n) is 4.93. The smallest absolute Gasteiger partial charge is 0.224 e. The van der Waals surface area contributed by atoms with Crippen molar-refractivity contribution >= 4 is 16.7 Å². The minimum Gasteiger partial charge on any atom is -0.497 e. The number of rotatable bonds is 5. The molecule has 1 aliphatic rings. The highest BCUT2D eigenvalue weighted by molar-refractivity contribution is 5.91. The van der Waals surface area contributed by atoms with Gasteiger partial charge >= 0.3 is 0 Å². The average molecular weight is 327 g/mol. The largest absolute Gasteiger partial charge is 0.497 e. The highest BCUT2D eigenvalue weighted by Gasteiger charge is 2.29. The molecule has 0 bridgehead atoms. The van der Waals surface area contributed by atoms with E-state index in [0.29, 0.717) is 13.0 Å². The third kappa shape index (κ3) is 3.88. The van der Waals surface area contributed by atoms with Gasteiger partial charge in [-0.2, -0.15) is 0 Å². The molecule has 0 radical (unpaired) electrons. The maximum absolute atomic E-state index is 12.3. The quantitative estimate of drug-likeness (QED) is 0.886. The first-order valence-electron chi connectivity index (χ1n) is 8.64. The van der Waals surface area contributed by atoms with Crippen LogP contribution in [0.2, 0.25) is 0 Å². The second kappa shape index (κ2) is 7.22. The van der Waals surface area contributed by atoms with Gasteiger partial charge < -0.3 is 15.2 Å². The molecule has 128 valence electrons. The number of aliphatic hydroxyl groups is 1. The van der Waals surface area contributed by atoms with Crippen LogP contribution < -0.4 is 10.1 Å². The summed E-state index contributed by atoms with van der Waals surface area (Å²) < 4.78 is 5.29. The van der Waals surface area contributed by atoms with E-state index in [1.807, 2.05) is 36.4 Å². The van der Waals surface area contributed by atoms with E-state index in [4.69, 9.17) is 4.74 Å². The number of methoxy groups -OCH3 is 1. The first-order valence-corrected chi connectivity index (χ1v) is 8.64. The molecule has 0 aliphatic heterocycles. The number of hydrogen-bond donors (Lipinski definition) is 2. The van der Waals surface area contributed by atoms with E-state index in [1.54, 1.807) is 7.11 Å². The molecule has 0 atom stereocenters. The summed E-state index contributed by atoms with van der Waals surface area (Å²) in [6.07, 6.45) is 5.11. The minimum absolute atomic E-state index is 0.0516. The standard InChI is InChI=1S/C20H25NO3/c1-24-17-9-8-15-6-5-7-16(18(15)13-17)12-19(22)21-14-20(23)10-3-2-4-11-20/h5-9,13,23H,2-4,10-12,14H2,1H3,(H,21,22). The second-order valence-electron chi connectivity index (χ2n) is 6.74. The summed E-state index contributed by atoms with van der Waals surface area (Å²) in [4.78, 5) is 12.3. The van der Waals surface area contributed by atoms with E-state index in [9.17, 15) is 9.90 Å². The minimum atomic E-state index is -0.726. The Labute approximate surface area is 142 Å². The Kier molecular flexibility index (Phi) is 5.05. The second-order valence-corrected chi connectivity index (χ2v) is 6.74. The van der Waals surface area contributed by atoms with Crippen molar-refractivity contribution in [3.05, 3.63) is 42.0 Å². The molecule has 2 N–H and O–H groups in total. The maximum Gasteiger partial charge on any atom is 0.224 e. The van der Waals surface area contributed by atoms with Crippen molar-refractivity contribution in [2.45, 2.75) is 44.1 Å². The van der Waals surface area contributed by atoms with E-state index in [0.717, 1.165) is 47.8 Å². The van der Waals surface area contributed by atoms with Crippen LogP contribution in [0.15, 0.2) is 36.4 Å². The fourth-order valence-electron chi connectivity index (χ4n) is 3.48. The Morgan fingerprint density at radius 1 is 1.21 bits per heavy atom. The number of fused-ring (bicyclic) bond motifs is 1. The molecule has 1 amide bonds. The highest BCUT2D eigenvalue weighted by Crippen LogP contribution is 2.27. The van der Waals surface area contributed by atoms with Gasteiger partial charge in [0.05, 0.1) is 19.1 Å². The molecular weight excluding hydrogens is 302 g/mol. The van der Waals surface area contributed by atoms with E-state index in [2.05, 4.69) is 5.32 Å². The predicted molar refractivity (Wildman–Crippen MR) is 95.2 cm³/mol. The number of benzene rings is 2. The Morgan fingerprint density at radius 2 is 2.00 bits per heavy atom. The summed E-state index contributed by atoms with van der Waals surface area (Å²) in [5.41, 5.74) is 0.245. The summed E-state index contributed by atoms with van der Waals surface area (Å²) in [6.45, 7) is 0.347. The summed E-state index contributed by atoms with van der Waals surface area (Å²) in [5.74, 6) is 0.733. The van der Waals surface area contributed by atoms with Crippen LogP contribution in [0.3, 0.4) is 0 Å². The van der Waals surface area contributed by atoms with Crippen molar-refractivity contribution in [1.82, 2.24) is 5.32 Å². The zero-order valence-electron chi connectivity index (χ0n) is 14.2. The third-order valence-corrected chi connectivity index (χ3v) is 4.93. The van der Waals surface area contributed by atoms with Gasteiger partial charge in [0.15, 0.2) is 0 Å². The van der Waals surface area contributed by atoms with E-state index in [1.165, 1.54) is 6.42 Å². The lowest BCUT2D eigenvalue weighted by atomic mass is 9.85. The summed E-state index contributed by atoms with van der Waals surface area (Å²) >= 11 is 0. The van der Waals surface area contributed by atoms with Crippen molar-refractivity contribution in [3.63, 3.8) is 0 Å². The fraction of sp³-hybridized carbons (Fsp3) is 0.450. The number of carbonyl (C=O) groups is 1. The molecule has 4 heteroatoms. The van der Waals surface area contributed by atoms with Gasteiger partial charge in [0, 0.05) is 6.54 Å². The van der Waals surface area contributed by atoms with Crippen LogP contribution in [0.1, 0.15) is 37.7 Å². The molecule has 24 heavy (non-hydrogen) atoms. The van der Waals surface area contributed by atoms with Gasteiger partial charge in [0.2, 0.25) is 5.91 Å². The Balaban J connectivity index is 1.69. The van der Waals surface area contributed by atoms with Crippen LogP contribution in [0.5, 0.6) is 5.75 Å². The van der Waals surface area contributed by atoms with Crippen LogP contribution in [0.4, 0.5) is 0 Å². The lowest BCUT2D eigenvalue weighted by Crippen LogP contribution is -2.44. The topological polar surface area (TPSA) is 58.6 Å². The number of ether oxygens (including phenoxy) is 1. The lowest BCUT2D eigenvalue weighted by Gasteiger charge is -2.32. The maximum atomic E-state index is 12.3. The van der Waals surface area contributed by atoms with E-state index in [-0.39, 0.29) is 5.91 Å². The zero-order valence-corrected chi connectivity index (χ0v) is 14.2. The molecule has 0 saturated heterocycles. The zero-order chi connectivity index (χ0) is 17.0. The molecule has 3 rings (SSSR count). The molecule has 0 unspecified atom stereocenters. The number of carbonyl (C=O) groups excluding carboxylic acids is 1. The lowest BCUT2D eigenvalue weighted by molar-refractivity contribution is -0.122. The van der Waals surface area contributed by atoms with Gasteiger partial charge in [-0.05, 0) is 41.3 Å².